The number of likely N-dealkylation sites (N-methyl/N-ethyl adjacent to an activating group) is 1. The molecule has 0 aliphatic carbocycles. The van der Waals surface area contributed by atoms with Crippen LogP contribution in [-0.2, 0) is 0 Å². The molecule has 0 aliphatic rings. The van der Waals surface area contributed by atoms with Crippen molar-refractivity contribution >= 4 is 5.82 Å². The number of aliphatic hydroxyl groups excluding tert-OH is 1. The van der Waals surface area contributed by atoms with Gasteiger partial charge in [0.25, 0.3) is 0 Å². The Kier molecular flexibility index (Phi) is 3.13. The average molecular weight is 185 g/mol. The summed E-state index contributed by atoms with van der Waals surface area (Å²) in [5, 5.41) is 8.65. The van der Waals surface area contributed by atoms with E-state index in [1.54, 1.807) is 18.9 Å². The van der Waals surface area contributed by atoms with Gasteiger partial charge < -0.3 is 10.0 Å². The van der Waals surface area contributed by atoms with Gasteiger partial charge in [0.05, 0.1) is 12.3 Å². The second-order valence-electron chi connectivity index (χ2n) is 2.74. The van der Waals surface area contributed by atoms with Gasteiger partial charge in [0.15, 0.2) is 11.6 Å². The highest BCUT2D eigenvalue weighted by Gasteiger charge is 2.10. The van der Waals surface area contributed by atoms with Crippen LogP contribution in [0.4, 0.5) is 10.2 Å². The number of nitrogens with zero attached hydrogens (tertiary/aromatic N) is 3. The maximum atomic E-state index is 13.3. The number of aromatic nitrogens is 2. The first-order chi connectivity index (χ1) is 6.16. The molecule has 1 aromatic rings. The van der Waals surface area contributed by atoms with Crippen molar-refractivity contribution in [3.8, 4) is 0 Å². The molecule has 0 bridgehead atoms. The molecule has 1 rings (SSSR count). The molecule has 1 heterocycles. The van der Waals surface area contributed by atoms with Crippen molar-refractivity contribution < 1.29 is 9.50 Å². The van der Waals surface area contributed by atoms with E-state index in [-0.39, 0.29) is 12.4 Å². The summed E-state index contributed by atoms with van der Waals surface area (Å²) in [6, 6.07) is 0. The minimum absolute atomic E-state index is 0.0288. The van der Waals surface area contributed by atoms with Crippen LogP contribution in [0.3, 0.4) is 0 Å². The summed E-state index contributed by atoms with van der Waals surface area (Å²) in [7, 11) is 1.67. The second kappa shape index (κ2) is 4.13. The summed E-state index contributed by atoms with van der Waals surface area (Å²) in [6.07, 6.45) is 1.31. The molecule has 13 heavy (non-hydrogen) atoms. The Balaban J connectivity index is 2.93. The smallest absolute Gasteiger partial charge is 0.186 e. The molecule has 0 aromatic carbocycles. The molecule has 0 atom stereocenters. The average Bonchev–Trinajstić information content (AvgIpc) is 2.10. The van der Waals surface area contributed by atoms with E-state index in [4.69, 9.17) is 5.11 Å². The Morgan fingerprint density at radius 1 is 1.54 bits per heavy atom. The normalized spacial score (nSPS) is 10.2. The molecule has 5 heteroatoms. The van der Waals surface area contributed by atoms with E-state index in [1.807, 2.05) is 0 Å². The quantitative estimate of drug-likeness (QED) is 0.738. The molecular formula is C8H12FN3O. The molecule has 0 saturated heterocycles. The van der Waals surface area contributed by atoms with Crippen LogP contribution in [0.25, 0.3) is 0 Å². The van der Waals surface area contributed by atoms with Crippen LogP contribution in [0.15, 0.2) is 6.33 Å². The first-order valence-corrected chi connectivity index (χ1v) is 3.96. The highest BCUT2D eigenvalue weighted by atomic mass is 19.1. The summed E-state index contributed by atoms with van der Waals surface area (Å²) in [5.41, 5.74) is 0.315. The first kappa shape index (κ1) is 9.85. The lowest BCUT2D eigenvalue weighted by atomic mass is 10.4. The lowest BCUT2D eigenvalue weighted by Crippen LogP contribution is -2.23. The molecule has 1 aromatic heterocycles. The van der Waals surface area contributed by atoms with E-state index in [9.17, 15) is 4.39 Å². The lowest BCUT2D eigenvalue weighted by Gasteiger charge is -2.17. The van der Waals surface area contributed by atoms with Crippen LogP contribution >= 0.6 is 0 Å². The van der Waals surface area contributed by atoms with E-state index in [0.717, 1.165) is 0 Å². The van der Waals surface area contributed by atoms with Gasteiger partial charge in [0, 0.05) is 13.6 Å². The number of anilines is 1. The number of hydrogen-bond acceptors (Lipinski definition) is 4. The predicted octanol–water partition coefficient (Wildman–Crippen LogP) is 0.353. The maximum Gasteiger partial charge on any atom is 0.186 e. The molecule has 0 radical (unpaired) electrons. The molecular weight excluding hydrogens is 173 g/mol. The number of hydrogen-bond donors (Lipinski definition) is 1. The Bertz CT molecular complexity index is 293. The highest BCUT2D eigenvalue weighted by molar-refractivity contribution is 5.39. The Hall–Kier alpha value is -1.23. The fourth-order valence-corrected chi connectivity index (χ4v) is 0.967. The van der Waals surface area contributed by atoms with Crippen molar-refractivity contribution in [1.82, 2.24) is 9.97 Å². The van der Waals surface area contributed by atoms with Crippen molar-refractivity contribution in [2.45, 2.75) is 6.92 Å². The lowest BCUT2D eigenvalue weighted by molar-refractivity contribution is 0.303. The zero-order valence-electron chi connectivity index (χ0n) is 7.66. The van der Waals surface area contributed by atoms with E-state index in [0.29, 0.717) is 12.2 Å². The van der Waals surface area contributed by atoms with Gasteiger partial charge >= 0.3 is 0 Å². The van der Waals surface area contributed by atoms with E-state index >= 15 is 0 Å². The zero-order chi connectivity index (χ0) is 9.84. The third-order valence-electron chi connectivity index (χ3n) is 1.74. The first-order valence-electron chi connectivity index (χ1n) is 3.96. The van der Waals surface area contributed by atoms with Crippen molar-refractivity contribution in [2.24, 2.45) is 0 Å². The molecule has 0 amide bonds. The van der Waals surface area contributed by atoms with Gasteiger partial charge in [-0.2, -0.15) is 0 Å². The van der Waals surface area contributed by atoms with Crippen LogP contribution in [0.2, 0.25) is 0 Å². The van der Waals surface area contributed by atoms with Crippen LogP contribution in [0.5, 0.6) is 0 Å². The SMILES string of the molecule is Cc1ncnc(N(C)CCO)c1F. The van der Waals surface area contributed by atoms with Gasteiger partial charge in [0.2, 0.25) is 0 Å². The molecule has 0 fully saturated rings. The van der Waals surface area contributed by atoms with Crippen molar-refractivity contribution in [1.29, 1.82) is 0 Å². The third-order valence-corrected chi connectivity index (χ3v) is 1.74. The fourth-order valence-electron chi connectivity index (χ4n) is 0.967. The van der Waals surface area contributed by atoms with Crippen LogP contribution in [-0.4, -0.2) is 35.3 Å². The molecule has 0 spiro atoms. The van der Waals surface area contributed by atoms with Gasteiger partial charge in [-0.25, -0.2) is 14.4 Å². The number of aryl methyl sites for hydroxylation is 1. The minimum atomic E-state index is -0.432. The van der Waals surface area contributed by atoms with Crippen LogP contribution < -0.4 is 4.90 Å². The minimum Gasteiger partial charge on any atom is -0.395 e. The Labute approximate surface area is 76.1 Å². The summed E-state index contributed by atoms with van der Waals surface area (Å²) in [5.74, 6) is -0.208. The second-order valence-corrected chi connectivity index (χ2v) is 2.74. The monoisotopic (exact) mass is 185 g/mol. The number of halogens is 1. The Morgan fingerprint density at radius 3 is 2.85 bits per heavy atom. The van der Waals surface area contributed by atoms with Gasteiger partial charge in [-0.05, 0) is 6.92 Å². The van der Waals surface area contributed by atoms with Crippen molar-refractivity contribution in [3.05, 3.63) is 17.8 Å². The molecule has 72 valence electrons. The van der Waals surface area contributed by atoms with Gasteiger partial charge in [0.1, 0.15) is 6.33 Å². The number of rotatable bonds is 3. The fraction of sp³-hybridized carbons (Fsp3) is 0.500. The standard InChI is InChI=1S/C8H12FN3O/c1-6-7(9)8(11-5-10-6)12(2)3-4-13/h5,13H,3-4H2,1-2H3. The summed E-state index contributed by atoms with van der Waals surface area (Å²) in [4.78, 5) is 9.04. The maximum absolute atomic E-state index is 13.3. The third kappa shape index (κ3) is 2.12. The van der Waals surface area contributed by atoms with Gasteiger partial charge in [-0.1, -0.05) is 0 Å². The van der Waals surface area contributed by atoms with Crippen molar-refractivity contribution in [3.63, 3.8) is 0 Å². The molecule has 4 nitrogen and oxygen atoms in total. The zero-order valence-corrected chi connectivity index (χ0v) is 7.66. The molecule has 1 N–H and O–H groups in total. The molecule has 0 aliphatic heterocycles. The van der Waals surface area contributed by atoms with Crippen LogP contribution in [0.1, 0.15) is 5.69 Å². The highest BCUT2D eigenvalue weighted by Crippen LogP contribution is 2.14. The summed E-state index contributed by atoms with van der Waals surface area (Å²) < 4.78 is 13.3. The van der Waals surface area contributed by atoms with Crippen LogP contribution in [0, 0.1) is 12.7 Å². The molecule has 0 saturated carbocycles. The summed E-state index contributed by atoms with van der Waals surface area (Å²) in [6.45, 7) is 1.90. The largest absolute Gasteiger partial charge is 0.395 e. The molecule has 0 unspecified atom stereocenters. The van der Waals surface area contributed by atoms with E-state index in [1.165, 1.54) is 6.33 Å². The van der Waals surface area contributed by atoms with Gasteiger partial charge in [-0.15, -0.1) is 0 Å². The predicted molar refractivity (Wildman–Crippen MR) is 47.1 cm³/mol. The summed E-state index contributed by atoms with van der Waals surface area (Å²) >= 11 is 0. The van der Waals surface area contributed by atoms with E-state index < -0.39 is 5.82 Å². The van der Waals surface area contributed by atoms with Crippen molar-refractivity contribution in [2.75, 3.05) is 25.1 Å². The van der Waals surface area contributed by atoms with Gasteiger partial charge in [-0.3, -0.25) is 0 Å². The topological polar surface area (TPSA) is 49.2 Å². The number of aliphatic hydroxyl groups is 1. The van der Waals surface area contributed by atoms with E-state index in [2.05, 4.69) is 9.97 Å². The Morgan fingerprint density at radius 2 is 2.23 bits per heavy atom.